The van der Waals surface area contributed by atoms with Gasteiger partial charge in [-0.2, -0.15) is 0 Å². The van der Waals surface area contributed by atoms with Gasteiger partial charge in [-0.05, 0) is 37.6 Å². The minimum absolute atomic E-state index is 0.0436. The minimum atomic E-state index is -0.0436. The Morgan fingerprint density at radius 3 is 2.95 bits per heavy atom. The molecule has 1 aromatic carbocycles. The summed E-state index contributed by atoms with van der Waals surface area (Å²) in [5, 5.41) is 3.73. The Morgan fingerprint density at radius 1 is 1.48 bits per heavy atom. The first-order valence-electron chi connectivity index (χ1n) is 7.58. The van der Waals surface area contributed by atoms with Gasteiger partial charge in [-0.25, -0.2) is 4.79 Å². The van der Waals surface area contributed by atoms with Gasteiger partial charge in [-0.3, -0.25) is 4.90 Å². The van der Waals surface area contributed by atoms with Gasteiger partial charge in [0.05, 0.1) is 0 Å². The van der Waals surface area contributed by atoms with E-state index in [0.29, 0.717) is 17.6 Å². The van der Waals surface area contributed by atoms with Crippen molar-refractivity contribution in [1.82, 2.24) is 15.1 Å². The van der Waals surface area contributed by atoms with Crippen LogP contribution in [0.5, 0.6) is 0 Å². The van der Waals surface area contributed by atoms with Crippen LogP contribution in [0.4, 0.5) is 4.79 Å². The molecule has 0 aliphatic carbocycles. The van der Waals surface area contributed by atoms with Crippen molar-refractivity contribution >= 4 is 17.6 Å². The molecule has 21 heavy (non-hydrogen) atoms. The molecule has 4 nitrogen and oxygen atoms in total. The van der Waals surface area contributed by atoms with Gasteiger partial charge in [0, 0.05) is 31.2 Å². The highest BCUT2D eigenvalue weighted by molar-refractivity contribution is 6.31. The maximum atomic E-state index is 12.2. The molecular formula is C16H24ClN3O. The third kappa shape index (κ3) is 4.35. The number of nitrogens with one attached hydrogen (secondary N) is 1. The van der Waals surface area contributed by atoms with Crippen LogP contribution in [0.25, 0.3) is 0 Å². The molecule has 0 aromatic heterocycles. The zero-order chi connectivity index (χ0) is 15.2. The second-order valence-electron chi connectivity index (χ2n) is 5.56. The SMILES string of the molecule is CCN1CCC[C@H]1CNC(=O)N(C)Cc1ccccc1Cl. The summed E-state index contributed by atoms with van der Waals surface area (Å²) >= 11 is 6.13. The lowest BCUT2D eigenvalue weighted by molar-refractivity contribution is 0.199. The van der Waals surface area contributed by atoms with E-state index in [4.69, 9.17) is 11.6 Å². The number of likely N-dealkylation sites (N-methyl/N-ethyl adjacent to an activating group) is 1. The van der Waals surface area contributed by atoms with E-state index in [-0.39, 0.29) is 6.03 Å². The van der Waals surface area contributed by atoms with Gasteiger partial charge in [-0.1, -0.05) is 36.7 Å². The summed E-state index contributed by atoms with van der Waals surface area (Å²) in [4.78, 5) is 16.3. The van der Waals surface area contributed by atoms with E-state index in [1.54, 1.807) is 11.9 Å². The molecular weight excluding hydrogens is 286 g/mol. The lowest BCUT2D eigenvalue weighted by atomic mass is 10.2. The van der Waals surface area contributed by atoms with E-state index in [0.717, 1.165) is 25.2 Å². The summed E-state index contributed by atoms with van der Waals surface area (Å²) in [7, 11) is 1.80. The number of carbonyl (C=O) groups is 1. The molecule has 1 aliphatic heterocycles. The first-order valence-corrected chi connectivity index (χ1v) is 7.96. The molecule has 1 heterocycles. The summed E-state index contributed by atoms with van der Waals surface area (Å²) in [6.45, 7) is 5.61. The first-order chi connectivity index (χ1) is 10.1. The van der Waals surface area contributed by atoms with Gasteiger partial charge in [0.15, 0.2) is 0 Å². The van der Waals surface area contributed by atoms with E-state index in [1.165, 1.54) is 12.8 Å². The average molecular weight is 310 g/mol. The molecule has 0 spiro atoms. The topological polar surface area (TPSA) is 35.6 Å². The fourth-order valence-electron chi connectivity index (χ4n) is 2.84. The van der Waals surface area contributed by atoms with Crippen molar-refractivity contribution in [3.05, 3.63) is 34.9 Å². The van der Waals surface area contributed by atoms with Crippen molar-refractivity contribution in [1.29, 1.82) is 0 Å². The Hall–Kier alpha value is -1.26. The predicted molar refractivity (Wildman–Crippen MR) is 86.6 cm³/mol. The maximum absolute atomic E-state index is 12.2. The minimum Gasteiger partial charge on any atom is -0.336 e. The Morgan fingerprint density at radius 2 is 2.24 bits per heavy atom. The van der Waals surface area contributed by atoms with Crippen LogP contribution in [-0.2, 0) is 6.54 Å². The molecule has 2 amide bonds. The van der Waals surface area contributed by atoms with Crippen molar-refractivity contribution in [3.8, 4) is 0 Å². The Bertz CT molecular complexity index is 480. The largest absolute Gasteiger partial charge is 0.336 e. The summed E-state index contributed by atoms with van der Waals surface area (Å²) < 4.78 is 0. The molecule has 1 fully saturated rings. The number of nitrogens with zero attached hydrogens (tertiary/aromatic N) is 2. The molecule has 116 valence electrons. The Labute approximate surface area is 132 Å². The van der Waals surface area contributed by atoms with E-state index < -0.39 is 0 Å². The van der Waals surface area contributed by atoms with Crippen LogP contribution >= 0.6 is 11.6 Å². The van der Waals surface area contributed by atoms with Crippen LogP contribution in [0.3, 0.4) is 0 Å². The number of halogens is 1. The van der Waals surface area contributed by atoms with Gasteiger partial charge < -0.3 is 10.2 Å². The third-order valence-corrected chi connectivity index (χ3v) is 4.47. The number of likely N-dealkylation sites (tertiary alicyclic amines) is 1. The lowest BCUT2D eigenvalue weighted by Gasteiger charge is -2.25. The molecule has 5 heteroatoms. The standard InChI is InChI=1S/C16H24ClN3O/c1-3-20-10-6-8-14(20)11-18-16(21)19(2)12-13-7-4-5-9-15(13)17/h4-5,7,9,14H,3,6,8,10-12H2,1-2H3,(H,18,21)/t14-/m0/s1. The third-order valence-electron chi connectivity index (χ3n) is 4.11. The summed E-state index contributed by atoms with van der Waals surface area (Å²) in [6.07, 6.45) is 2.40. The molecule has 0 bridgehead atoms. The smallest absolute Gasteiger partial charge is 0.317 e. The van der Waals surface area contributed by atoms with Crippen LogP contribution in [-0.4, -0.2) is 48.6 Å². The average Bonchev–Trinajstić information content (AvgIpc) is 2.94. The van der Waals surface area contributed by atoms with Crippen LogP contribution in [0.2, 0.25) is 5.02 Å². The zero-order valence-corrected chi connectivity index (χ0v) is 13.6. The molecule has 1 aromatic rings. The van der Waals surface area contributed by atoms with Crippen LogP contribution in [0.1, 0.15) is 25.3 Å². The predicted octanol–water partition coefficient (Wildman–Crippen LogP) is 2.97. The number of carbonyl (C=O) groups excluding carboxylic acids is 1. The molecule has 0 unspecified atom stereocenters. The van der Waals surface area contributed by atoms with Crippen molar-refractivity contribution in [2.75, 3.05) is 26.7 Å². The van der Waals surface area contributed by atoms with Gasteiger partial charge in [0.2, 0.25) is 0 Å². The van der Waals surface area contributed by atoms with E-state index in [2.05, 4.69) is 17.1 Å². The van der Waals surface area contributed by atoms with E-state index >= 15 is 0 Å². The fraction of sp³-hybridized carbons (Fsp3) is 0.562. The summed E-state index contributed by atoms with van der Waals surface area (Å²) in [6, 6.07) is 8.06. The van der Waals surface area contributed by atoms with Crippen molar-refractivity contribution in [2.45, 2.75) is 32.4 Å². The normalized spacial score (nSPS) is 18.7. The first kappa shape index (κ1) is 16.1. The molecule has 1 N–H and O–H groups in total. The molecule has 1 aliphatic rings. The quantitative estimate of drug-likeness (QED) is 0.907. The van der Waals surface area contributed by atoms with Crippen LogP contribution in [0.15, 0.2) is 24.3 Å². The second-order valence-corrected chi connectivity index (χ2v) is 5.97. The Balaban J connectivity index is 1.81. The van der Waals surface area contributed by atoms with Gasteiger partial charge in [-0.15, -0.1) is 0 Å². The van der Waals surface area contributed by atoms with Crippen molar-refractivity contribution in [2.24, 2.45) is 0 Å². The summed E-state index contributed by atoms with van der Waals surface area (Å²) in [5.74, 6) is 0. The van der Waals surface area contributed by atoms with E-state index in [1.807, 2.05) is 24.3 Å². The van der Waals surface area contributed by atoms with E-state index in [9.17, 15) is 4.79 Å². The highest BCUT2D eigenvalue weighted by Gasteiger charge is 2.23. The number of hydrogen-bond acceptors (Lipinski definition) is 2. The van der Waals surface area contributed by atoms with Gasteiger partial charge in [0.1, 0.15) is 0 Å². The molecule has 1 atom stereocenters. The van der Waals surface area contributed by atoms with Crippen LogP contribution in [0, 0.1) is 0 Å². The number of rotatable bonds is 5. The van der Waals surface area contributed by atoms with Gasteiger partial charge in [0.25, 0.3) is 0 Å². The van der Waals surface area contributed by atoms with Gasteiger partial charge >= 0.3 is 6.03 Å². The number of hydrogen-bond donors (Lipinski definition) is 1. The Kier molecular flexibility index (Phi) is 5.88. The van der Waals surface area contributed by atoms with Crippen LogP contribution < -0.4 is 5.32 Å². The molecule has 2 rings (SSSR count). The number of amides is 2. The maximum Gasteiger partial charge on any atom is 0.317 e. The fourth-order valence-corrected chi connectivity index (χ4v) is 3.03. The number of urea groups is 1. The highest BCUT2D eigenvalue weighted by atomic mass is 35.5. The molecule has 1 saturated heterocycles. The number of benzene rings is 1. The molecule has 0 saturated carbocycles. The second kappa shape index (κ2) is 7.66. The van der Waals surface area contributed by atoms with Crippen molar-refractivity contribution < 1.29 is 4.79 Å². The highest BCUT2D eigenvalue weighted by Crippen LogP contribution is 2.17. The molecule has 0 radical (unpaired) electrons. The van der Waals surface area contributed by atoms with Crippen molar-refractivity contribution in [3.63, 3.8) is 0 Å². The lowest BCUT2D eigenvalue weighted by Crippen LogP contribution is -2.44. The monoisotopic (exact) mass is 309 g/mol. The summed E-state index contributed by atoms with van der Waals surface area (Å²) in [5.41, 5.74) is 0.966. The zero-order valence-electron chi connectivity index (χ0n) is 12.8.